The third-order valence-corrected chi connectivity index (χ3v) is 5.17. The summed E-state index contributed by atoms with van der Waals surface area (Å²) >= 11 is 14.2. The number of amides is 1. The summed E-state index contributed by atoms with van der Waals surface area (Å²) in [4.78, 5) is 12.5. The van der Waals surface area contributed by atoms with Crippen LogP contribution in [0.5, 0.6) is 11.5 Å². The highest BCUT2D eigenvalue weighted by Crippen LogP contribution is 2.34. The van der Waals surface area contributed by atoms with E-state index in [0.29, 0.717) is 35.4 Å². The Bertz CT molecular complexity index is 993. The molecular weight excluding hydrogens is 544 g/mol. The molecule has 7 nitrogen and oxygen atoms in total. The largest absolute Gasteiger partial charge is 0.495 e. The summed E-state index contributed by atoms with van der Waals surface area (Å²) in [5.74, 6) is 0.427. The van der Waals surface area contributed by atoms with Crippen molar-refractivity contribution in [2.45, 2.75) is 0 Å². The zero-order chi connectivity index (χ0) is 22.1. The zero-order valence-electron chi connectivity index (χ0n) is 16.1. The van der Waals surface area contributed by atoms with Gasteiger partial charge in [-0.05, 0) is 46.9 Å². The number of ether oxygens (including phenoxy) is 3. The van der Waals surface area contributed by atoms with Crippen LogP contribution < -0.4 is 20.1 Å². The monoisotopic (exact) mass is 561 g/mol. The van der Waals surface area contributed by atoms with Gasteiger partial charge < -0.3 is 24.8 Å². The Morgan fingerprint density at radius 3 is 2.57 bits per heavy atom. The number of nitriles is 1. The third kappa shape index (κ3) is 6.67. The van der Waals surface area contributed by atoms with Gasteiger partial charge in [0.15, 0.2) is 0 Å². The van der Waals surface area contributed by atoms with E-state index in [2.05, 4.69) is 33.2 Å². The maximum absolute atomic E-state index is 12.5. The number of nitrogens with one attached hydrogen (secondary N) is 2. The summed E-state index contributed by atoms with van der Waals surface area (Å²) in [5.41, 5.74) is 0.817. The highest BCUT2D eigenvalue weighted by atomic mass is 127. The highest BCUT2D eigenvalue weighted by Gasteiger charge is 2.14. The summed E-state index contributed by atoms with van der Waals surface area (Å²) in [7, 11) is 3.05. The van der Waals surface area contributed by atoms with Crippen molar-refractivity contribution in [3.63, 3.8) is 0 Å². The second-order valence-electron chi connectivity index (χ2n) is 5.72. The number of rotatable bonds is 9. The Hall–Kier alpha value is -2.19. The minimum absolute atomic E-state index is 0.143. The molecule has 0 bridgehead atoms. The smallest absolute Gasteiger partial charge is 0.267 e. The topological polar surface area (TPSA) is 92.6 Å². The van der Waals surface area contributed by atoms with Crippen molar-refractivity contribution in [2.75, 3.05) is 38.1 Å². The Morgan fingerprint density at radius 1 is 1.17 bits per heavy atom. The van der Waals surface area contributed by atoms with E-state index >= 15 is 0 Å². The molecule has 0 radical (unpaired) electrons. The maximum Gasteiger partial charge on any atom is 0.267 e. The van der Waals surface area contributed by atoms with Gasteiger partial charge in [-0.1, -0.05) is 23.2 Å². The average Bonchev–Trinajstić information content (AvgIpc) is 2.72. The molecule has 0 heterocycles. The van der Waals surface area contributed by atoms with Crippen molar-refractivity contribution < 1.29 is 19.0 Å². The van der Waals surface area contributed by atoms with Gasteiger partial charge in [0.2, 0.25) is 0 Å². The van der Waals surface area contributed by atoms with Crippen LogP contribution in [0.1, 0.15) is 0 Å². The Labute approximate surface area is 198 Å². The lowest BCUT2D eigenvalue weighted by Gasteiger charge is -2.11. The molecule has 0 aliphatic carbocycles. The Balaban J connectivity index is 2.10. The number of carbonyl (C=O) groups is 1. The van der Waals surface area contributed by atoms with Gasteiger partial charge >= 0.3 is 0 Å². The molecule has 0 fully saturated rings. The number of benzene rings is 2. The molecule has 10 heteroatoms. The number of nitrogens with zero attached hydrogens (tertiary/aromatic N) is 1. The quantitative estimate of drug-likeness (QED) is 0.192. The molecule has 0 aromatic heterocycles. The molecule has 1 amide bonds. The number of halogens is 3. The molecule has 2 N–H and O–H groups in total. The van der Waals surface area contributed by atoms with Crippen LogP contribution in [0.15, 0.2) is 42.1 Å². The van der Waals surface area contributed by atoms with Gasteiger partial charge in [-0.3, -0.25) is 4.79 Å². The lowest BCUT2D eigenvalue weighted by atomic mass is 10.2. The first-order valence-electron chi connectivity index (χ1n) is 8.52. The van der Waals surface area contributed by atoms with E-state index in [-0.39, 0.29) is 16.3 Å². The standard InChI is InChI=1S/C20H18Cl2IN3O4/c1-28-5-6-30-18-4-3-13(7-16(18)23)25-11-12(10-24)20(27)26-17-9-19(29-2)15(22)8-14(17)21/h3-4,7-9,11,25H,5-6H2,1-2H3,(H,26,27). The van der Waals surface area contributed by atoms with Crippen LogP contribution in [0.25, 0.3) is 0 Å². The van der Waals surface area contributed by atoms with Crippen LogP contribution in [0.3, 0.4) is 0 Å². The molecule has 0 saturated carbocycles. The molecule has 2 aromatic carbocycles. The maximum atomic E-state index is 12.5. The van der Waals surface area contributed by atoms with Gasteiger partial charge in [0, 0.05) is 25.1 Å². The van der Waals surface area contributed by atoms with Crippen LogP contribution in [0.4, 0.5) is 11.4 Å². The van der Waals surface area contributed by atoms with Gasteiger partial charge in [0.1, 0.15) is 29.7 Å². The van der Waals surface area contributed by atoms with E-state index in [1.807, 2.05) is 12.1 Å². The van der Waals surface area contributed by atoms with Crippen molar-refractivity contribution >= 4 is 63.1 Å². The van der Waals surface area contributed by atoms with Gasteiger partial charge in [0.25, 0.3) is 5.91 Å². The van der Waals surface area contributed by atoms with Crippen LogP contribution in [-0.2, 0) is 9.53 Å². The zero-order valence-corrected chi connectivity index (χ0v) is 19.8. The predicted octanol–water partition coefficient (Wildman–Crippen LogP) is 5.09. The van der Waals surface area contributed by atoms with E-state index < -0.39 is 5.91 Å². The molecule has 30 heavy (non-hydrogen) atoms. The van der Waals surface area contributed by atoms with Crippen LogP contribution in [-0.4, -0.2) is 33.3 Å². The van der Waals surface area contributed by atoms with E-state index in [0.717, 1.165) is 3.57 Å². The summed E-state index contributed by atoms with van der Waals surface area (Å²) in [6.07, 6.45) is 1.31. The lowest BCUT2D eigenvalue weighted by Crippen LogP contribution is -2.15. The predicted molar refractivity (Wildman–Crippen MR) is 125 cm³/mol. The molecule has 0 spiro atoms. The molecule has 2 rings (SSSR count). The summed E-state index contributed by atoms with van der Waals surface area (Å²) < 4.78 is 16.5. The van der Waals surface area contributed by atoms with Crippen LogP contribution in [0, 0.1) is 14.9 Å². The number of anilines is 2. The number of hydrogen-bond acceptors (Lipinski definition) is 6. The summed E-state index contributed by atoms with van der Waals surface area (Å²) in [5, 5.41) is 15.4. The fourth-order valence-electron chi connectivity index (χ4n) is 2.22. The number of carbonyl (C=O) groups excluding carboxylic acids is 1. The fourth-order valence-corrected chi connectivity index (χ4v) is 3.40. The highest BCUT2D eigenvalue weighted by molar-refractivity contribution is 14.1. The van der Waals surface area contributed by atoms with Gasteiger partial charge in [-0.15, -0.1) is 0 Å². The summed E-state index contributed by atoms with van der Waals surface area (Å²) in [6.45, 7) is 0.930. The number of hydrogen-bond donors (Lipinski definition) is 2. The number of methoxy groups -OCH3 is 2. The van der Waals surface area contributed by atoms with Crippen LogP contribution >= 0.6 is 45.8 Å². The molecule has 0 aliphatic heterocycles. The second kappa shape index (κ2) is 11.9. The van der Waals surface area contributed by atoms with Crippen LogP contribution in [0.2, 0.25) is 10.0 Å². The minimum atomic E-state index is -0.634. The molecule has 0 unspecified atom stereocenters. The SMILES string of the molecule is COCCOc1ccc(NC=C(C#N)C(=O)Nc2cc(OC)c(Cl)cc2Cl)cc1I. The molecule has 2 aromatic rings. The first-order chi connectivity index (χ1) is 14.4. The average molecular weight is 562 g/mol. The van der Waals surface area contributed by atoms with Crippen molar-refractivity contribution in [1.29, 1.82) is 5.26 Å². The Morgan fingerprint density at radius 2 is 1.93 bits per heavy atom. The van der Waals surface area contributed by atoms with Gasteiger partial charge in [-0.2, -0.15) is 5.26 Å². The van der Waals surface area contributed by atoms with Crippen molar-refractivity contribution in [1.82, 2.24) is 0 Å². The van der Waals surface area contributed by atoms with E-state index in [1.54, 1.807) is 19.2 Å². The third-order valence-electron chi connectivity index (χ3n) is 3.71. The Kier molecular flexibility index (Phi) is 9.52. The van der Waals surface area contributed by atoms with Gasteiger partial charge in [-0.25, -0.2) is 0 Å². The first-order valence-corrected chi connectivity index (χ1v) is 10.4. The van der Waals surface area contributed by atoms with Crippen molar-refractivity contribution in [3.8, 4) is 17.6 Å². The van der Waals surface area contributed by atoms with E-state index in [4.69, 9.17) is 37.4 Å². The first kappa shape index (κ1) is 24.1. The molecule has 158 valence electrons. The summed E-state index contributed by atoms with van der Waals surface area (Å²) in [6, 6.07) is 10.2. The second-order valence-corrected chi connectivity index (χ2v) is 7.70. The molecule has 0 atom stereocenters. The van der Waals surface area contributed by atoms with E-state index in [1.165, 1.54) is 25.4 Å². The van der Waals surface area contributed by atoms with Gasteiger partial charge in [0.05, 0.1) is 33.0 Å². The normalized spacial score (nSPS) is 10.9. The molecule has 0 aliphatic rings. The van der Waals surface area contributed by atoms with Crippen molar-refractivity contribution in [3.05, 3.63) is 55.7 Å². The van der Waals surface area contributed by atoms with E-state index in [9.17, 15) is 10.1 Å². The molecule has 0 saturated heterocycles. The fraction of sp³-hybridized carbons (Fsp3) is 0.200. The van der Waals surface area contributed by atoms with Crippen molar-refractivity contribution in [2.24, 2.45) is 0 Å². The lowest BCUT2D eigenvalue weighted by molar-refractivity contribution is -0.112. The minimum Gasteiger partial charge on any atom is -0.495 e. The molecular formula is C20H18Cl2IN3O4.